The minimum atomic E-state index is -0.825. The van der Waals surface area contributed by atoms with Crippen molar-refractivity contribution in [2.75, 3.05) is 13.7 Å². The summed E-state index contributed by atoms with van der Waals surface area (Å²) in [4.78, 5) is 25.0. The lowest BCUT2D eigenvalue weighted by molar-refractivity contribution is 0.198. The molecular weight excluding hydrogens is 351 g/mol. The fourth-order valence-corrected chi connectivity index (χ4v) is 2.26. The Kier molecular flexibility index (Phi) is 7.30. The number of imide groups is 1. The summed E-state index contributed by atoms with van der Waals surface area (Å²) >= 11 is 12.6. The number of rotatable bonds is 3. The predicted octanol–water partition coefficient (Wildman–Crippen LogP) is 3.32. The number of ether oxygens (including phenoxy) is 1. The molecule has 120 valence electrons. The Balaban J connectivity index is 2.76. The Morgan fingerprint density at radius 3 is 2.55 bits per heavy atom. The minimum Gasteiger partial charge on any atom is -0.468 e. The molecule has 0 saturated heterocycles. The molecule has 3 N–H and O–H groups in total. The van der Waals surface area contributed by atoms with E-state index >= 15 is 0 Å². The summed E-state index contributed by atoms with van der Waals surface area (Å²) in [6.07, 6.45) is 0. The lowest BCUT2D eigenvalue weighted by atomic mass is 10.4. The molecular formula is C12H14Cl2N4O3S. The Morgan fingerprint density at radius 1 is 1.32 bits per heavy atom. The zero-order valence-corrected chi connectivity index (χ0v) is 14.1. The van der Waals surface area contributed by atoms with Crippen molar-refractivity contribution in [1.29, 1.82) is 5.41 Å². The number of hydrogen-bond acceptors (Lipinski definition) is 5. The largest absolute Gasteiger partial charge is 0.468 e. The molecule has 0 aliphatic heterocycles. The van der Waals surface area contributed by atoms with E-state index in [0.717, 1.165) is 11.9 Å². The third kappa shape index (κ3) is 4.97. The maximum Gasteiger partial charge on any atom is 0.344 e. The monoisotopic (exact) mass is 364 g/mol. The Bertz CT molecular complexity index is 585. The van der Waals surface area contributed by atoms with Gasteiger partial charge < -0.3 is 10.1 Å². The molecule has 0 bridgehead atoms. The van der Waals surface area contributed by atoms with Crippen LogP contribution in [0.2, 0.25) is 10.0 Å². The Hall–Kier alpha value is -1.64. The van der Waals surface area contributed by atoms with Gasteiger partial charge in [-0.1, -0.05) is 23.2 Å². The Morgan fingerprint density at radius 2 is 2.00 bits per heavy atom. The first-order valence-corrected chi connectivity index (χ1v) is 7.60. The molecule has 0 atom stereocenters. The van der Waals surface area contributed by atoms with Gasteiger partial charge in [0.05, 0.1) is 17.2 Å². The normalized spacial score (nSPS) is 9.82. The van der Waals surface area contributed by atoms with E-state index in [1.165, 1.54) is 7.11 Å². The van der Waals surface area contributed by atoms with Gasteiger partial charge in [-0.25, -0.2) is 9.59 Å². The number of amidine groups is 1. The highest BCUT2D eigenvalue weighted by molar-refractivity contribution is 7.98. The molecule has 0 aromatic heterocycles. The summed E-state index contributed by atoms with van der Waals surface area (Å²) in [5.74, 6) is 0. The maximum atomic E-state index is 12.0. The van der Waals surface area contributed by atoms with Crippen molar-refractivity contribution >= 4 is 53.2 Å². The summed E-state index contributed by atoms with van der Waals surface area (Å²) in [6, 6.07) is 2.61. The number of halogens is 2. The summed E-state index contributed by atoms with van der Waals surface area (Å²) in [6.45, 7) is 1.99. The summed E-state index contributed by atoms with van der Waals surface area (Å²) in [7, 11) is 1.19. The average Bonchev–Trinajstić information content (AvgIpc) is 2.48. The van der Waals surface area contributed by atoms with Gasteiger partial charge in [0.2, 0.25) is 0 Å². The molecule has 7 nitrogen and oxygen atoms in total. The number of urea groups is 2. The van der Waals surface area contributed by atoms with Gasteiger partial charge in [0.1, 0.15) is 0 Å². The van der Waals surface area contributed by atoms with Gasteiger partial charge in [0, 0.05) is 11.4 Å². The third-order valence-electron chi connectivity index (χ3n) is 2.28. The van der Waals surface area contributed by atoms with Crippen molar-refractivity contribution in [2.45, 2.75) is 11.8 Å². The smallest absolute Gasteiger partial charge is 0.344 e. The van der Waals surface area contributed by atoms with E-state index in [4.69, 9.17) is 28.6 Å². The lowest BCUT2D eigenvalue weighted by Crippen LogP contribution is -2.50. The second kappa shape index (κ2) is 8.72. The molecule has 0 unspecified atom stereocenters. The minimum absolute atomic E-state index is 0.305. The topological polar surface area (TPSA) is 94.5 Å². The molecule has 1 rings (SSSR count). The SMILES string of the molecule is CCNC(=O)N(C(=N)OC)C(=O)NSc1ccc(Cl)c(Cl)c1. The van der Waals surface area contributed by atoms with Crippen LogP contribution >= 0.6 is 35.1 Å². The number of carbonyl (C=O) groups excluding carboxylic acids is 2. The number of benzene rings is 1. The molecule has 10 heteroatoms. The van der Waals surface area contributed by atoms with Gasteiger partial charge in [0.15, 0.2) is 0 Å². The van der Waals surface area contributed by atoms with E-state index in [-0.39, 0.29) is 0 Å². The van der Waals surface area contributed by atoms with Crippen molar-refractivity contribution in [3.63, 3.8) is 0 Å². The van der Waals surface area contributed by atoms with Crippen molar-refractivity contribution in [3.05, 3.63) is 28.2 Å². The van der Waals surface area contributed by atoms with Crippen LogP contribution in [0.1, 0.15) is 6.92 Å². The molecule has 0 aliphatic carbocycles. The first kappa shape index (κ1) is 18.4. The number of carbonyl (C=O) groups is 2. The molecule has 0 fully saturated rings. The van der Waals surface area contributed by atoms with Gasteiger partial charge in [0.25, 0.3) is 0 Å². The van der Waals surface area contributed by atoms with Crippen molar-refractivity contribution < 1.29 is 14.3 Å². The first-order chi connectivity index (χ1) is 10.4. The second-order valence-corrected chi connectivity index (χ2v) is 5.46. The van der Waals surface area contributed by atoms with Crippen molar-refractivity contribution in [1.82, 2.24) is 14.9 Å². The molecule has 0 spiro atoms. The molecule has 1 aromatic rings. The molecule has 22 heavy (non-hydrogen) atoms. The molecule has 0 heterocycles. The fraction of sp³-hybridized carbons (Fsp3) is 0.250. The summed E-state index contributed by atoms with van der Waals surface area (Å²) < 4.78 is 7.05. The molecule has 1 aromatic carbocycles. The standard InChI is InChI=1S/C12H14Cl2N4O3S/c1-3-16-11(19)18(10(15)21-2)12(20)17-22-7-4-5-8(13)9(14)6-7/h4-6,15H,3H2,1-2H3,(H,16,19)(H,17,20). The summed E-state index contributed by atoms with van der Waals surface area (Å²) in [5.41, 5.74) is 0. The quantitative estimate of drug-likeness (QED) is 0.435. The van der Waals surface area contributed by atoms with Crippen LogP contribution in [0, 0.1) is 5.41 Å². The Labute approximate surface area is 141 Å². The number of nitrogens with one attached hydrogen (secondary N) is 3. The third-order valence-corrected chi connectivity index (χ3v) is 3.78. The highest BCUT2D eigenvalue weighted by Gasteiger charge is 2.26. The van der Waals surface area contributed by atoms with Crippen LogP contribution in [0.25, 0.3) is 0 Å². The zero-order valence-electron chi connectivity index (χ0n) is 11.8. The number of methoxy groups -OCH3 is 1. The highest BCUT2D eigenvalue weighted by Crippen LogP contribution is 2.26. The molecule has 0 saturated carbocycles. The predicted molar refractivity (Wildman–Crippen MR) is 86.5 cm³/mol. The van der Waals surface area contributed by atoms with Crippen LogP contribution in [-0.4, -0.2) is 36.6 Å². The van der Waals surface area contributed by atoms with Crippen LogP contribution in [0.4, 0.5) is 9.59 Å². The van der Waals surface area contributed by atoms with Crippen LogP contribution in [0.5, 0.6) is 0 Å². The fourth-order valence-electron chi connectivity index (χ4n) is 1.29. The number of nitrogens with zero attached hydrogens (tertiary/aromatic N) is 1. The van der Waals surface area contributed by atoms with Gasteiger partial charge in [-0.2, -0.15) is 4.90 Å². The van der Waals surface area contributed by atoms with E-state index < -0.39 is 18.1 Å². The van der Waals surface area contributed by atoms with Crippen molar-refractivity contribution in [3.8, 4) is 0 Å². The zero-order chi connectivity index (χ0) is 16.7. The van der Waals surface area contributed by atoms with Crippen LogP contribution in [-0.2, 0) is 4.74 Å². The average molecular weight is 365 g/mol. The van der Waals surface area contributed by atoms with E-state index in [9.17, 15) is 9.59 Å². The van der Waals surface area contributed by atoms with E-state index in [2.05, 4.69) is 14.8 Å². The van der Waals surface area contributed by atoms with Gasteiger partial charge in [-0.15, -0.1) is 0 Å². The van der Waals surface area contributed by atoms with E-state index in [1.807, 2.05) is 0 Å². The molecule has 4 amide bonds. The van der Waals surface area contributed by atoms with Gasteiger partial charge in [-0.05, 0) is 37.1 Å². The lowest BCUT2D eigenvalue weighted by Gasteiger charge is -2.19. The first-order valence-electron chi connectivity index (χ1n) is 6.03. The van der Waals surface area contributed by atoms with E-state index in [1.54, 1.807) is 25.1 Å². The summed E-state index contributed by atoms with van der Waals surface area (Å²) in [5, 5.41) is 10.7. The molecule has 0 radical (unpaired) electrons. The van der Waals surface area contributed by atoms with Crippen LogP contribution in [0.3, 0.4) is 0 Å². The van der Waals surface area contributed by atoms with Crippen LogP contribution < -0.4 is 10.0 Å². The van der Waals surface area contributed by atoms with E-state index in [0.29, 0.717) is 26.4 Å². The molecule has 0 aliphatic rings. The maximum absolute atomic E-state index is 12.0. The number of amides is 4. The number of hydrogen-bond donors (Lipinski definition) is 3. The highest BCUT2D eigenvalue weighted by atomic mass is 35.5. The van der Waals surface area contributed by atoms with Crippen LogP contribution in [0.15, 0.2) is 23.1 Å². The second-order valence-electron chi connectivity index (χ2n) is 3.77. The van der Waals surface area contributed by atoms with Gasteiger partial charge >= 0.3 is 18.1 Å². The van der Waals surface area contributed by atoms with Gasteiger partial charge in [-0.3, -0.25) is 10.1 Å². The van der Waals surface area contributed by atoms with Crippen molar-refractivity contribution in [2.24, 2.45) is 0 Å².